The lowest BCUT2D eigenvalue weighted by Crippen LogP contribution is -2.30. The van der Waals surface area contributed by atoms with Crippen molar-refractivity contribution in [3.8, 4) is 0 Å². The molecule has 5 atom stereocenters. The smallest absolute Gasteiger partial charge is 0.462 e. The van der Waals surface area contributed by atoms with E-state index in [0.29, 0.717) is 37.5 Å². The Morgan fingerprint density at radius 2 is 0.447 bits per heavy atom. The van der Waals surface area contributed by atoms with Gasteiger partial charge in [-0.3, -0.25) is 37.3 Å². The molecule has 0 fully saturated rings. The Morgan fingerprint density at radius 1 is 0.266 bits per heavy atom. The summed E-state index contributed by atoms with van der Waals surface area (Å²) in [5.74, 6) is 0.846. The molecular weight excluding hydrogens is 1230 g/mol. The number of carbonyl (C=O) groups is 4. The summed E-state index contributed by atoms with van der Waals surface area (Å²) in [5, 5.41) is 10.6. The molecule has 3 unspecified atom stereocenters. The minimum Gasteiger partial charge on any atom is -0.462 e. The largest absolute Gasteiger partial charge is 0.472 e. The highest BCUT2D eigenvalue weighted by Gasteiger charge is 2.30. The minimum absolute atomic E-state index is 0.102. The second-order valence-corrected chi connectivity index (χ2v) is 31.9. The lowest BCUT2D eigenvalue weighted by atomic mass is 10.0. The van der Waals surface area contributed by atoms with Crippen molar-refractivity contribution in [2.75, 3.05) is 39.6 Å². The van der Waals surface area contributed by atoms with Crippen LogP contribution < -0.4 is 0 Å². The Kier molecular flexibility index (Phi) is 63.1. The lowest BCUT2D eigenvalue weighted by Gasteiger charge is -2.21. The normalized spacial score (nSPS) is 14.2. The van der Waals surface area contributed by atoms with Crippen LogP contribution in [-0.2, 0) is 65.4 Å². The molecule has 0 aromatic carbocycles. The summed E-state index contributed by atoms with van der Waals surface area (Å²) >= 11 is 0. The van der Waals surface area contributed by atoms with Crippen LogP contribution in [0.25, 0.3) is 0 Å². The number of esters is 4. The Bertz CT molecular complexity index is 1850. The van der Waals surface area contributed by atoms with Crippen molar-refractivity contribution < 1.29 is 80.2 Å². The molecule has 0 aliphatic rings. The molecule has 17 nitrogen and oxygen atoms in total. The third-order valence-corrected chi connectivity index (χ3v) is 19.2. The van der Waals surface area contributed by atoms with E-state index in [2.05, 4.69) is 55.4 Å². The van der Waals surface area contributed by atoms with E-state index in [1.54, 1.807) is 0 Å². The van der Waals surface area contributed by atoms with Crippen molar-refractivity contribution in [1.82, 2.24) is 0 Å². The molecule has 0 rings (SSSR count). The van der Waals surface area contributed by atoms with Gasteiger partial charge < -0.3 is 33.8 Å². The number of rotatable bonds is 72. The number of phosphoric ester groups is 2. The van der Waals surface area contributed by atoms with Gasteiger partial charge in [0.1, 0.15) is 19.3 Å². The molecule has 0 aromatic rings. The van der Waals surface area contributed by atoms with Crippen LogP contribution in [0.15, 0.2) is 0 Å². The van der Waals surface area contributed by atoms with Gasteiger partial charge in [-0.15, -0.1) is 0 Å². The van der Waals surface area contributed by atoms with Crippen LogP contribution in [0.4, 0.5) is 0 Å². The predicted molar refractivity (Wildman–Crippen MR) is 381 cm³/mol. The molecule has 0 aromatic heterocycles. The van der Waals surface area contributed by atoms with E-state index in [9.17, 15) is 43.2 Å². The van der Waals surface area contributed by atoms with Crippen LogP contribution >= 0.6 is 15.6 Å². The molecular formula is C75H146O17P2. The number of aliphatic hydroxyl groups excluding tert-OH is 1. The minimum atomic E-state index is -4.95. The Hall–Kier alpha value is -1.94. The highest BCUT2D eigenvalue weighted by molar-refractivity contribution is 7.47. The fraction of sp³-hybridized carbons (Fsp3) is 0.947. The highest BCUT2D eigenvalue weighted by Crippen LogP contribution is 2.45. The second-order valence-electron chi connectivity index (χ2n) is 28.9. The molecule has 0 amide bonds. The Balaban J connectivity index is 5.15. The summed E-state index contributed by atoms with van der Waals surface area (Å²) in [6.07, 6.45) is 48.9. The van der Waals surface area contributed by atoms with Gasteiger partial charge in [-0.05, 0) is 49.4 Å². The maximum Gasteiger partial charge on any atom is 0.472 e. The molecule has 3 N–H and O–H groups in total. The maximum absolute atomic E-state index is 13.0. The summed E-state index contributed by atoms with van der Waals surface area (Å²) < 4.78 is 68.4. The third kappa shape index (κ3) is 68.6. The van der Waals surface area contributed by atoms with Gasteiger partial charge in [0.2, 0.25) is 0 Å². The fourth-order valence-corrected chi connectivity index (χ4v) is 13.0. The van der Waals surface area contributed by atoms with Gasteiger partial charge in [-0.2, -0.15) is 0 Å². The van der Waals surface area contributed by atoms with Gasteiger partial charge >= 0.3 is 39.5 Å². The first-order chi connectivity index (χ1) is 45.1. The Labute approximate surface area is 575 Å². The van der Waals surface area contributed by atoms with Gasteiger partial charge in [-0.25, -0.2) is 9.13 Å². The van der Waals surface area contributed by atoms with Crippen molar-refractivity contribution in [3.05, 3.63) is 0 Å². The molecule has 94 heavy (non-hydrogen) atoms. The van der Waals surface area contributed by atoms with Crippen molar-refractivity contribution in [2.45, 2.75) is 395 Å². The zero-order valence-corrected chi connectivity index (χ0v) is 63.4. The topological polar surface area (TPSA) is 237 Å². The van der Waals surface area contributed by atoms with Crippen LogP contribution in [0.5, 0.6) is 0 Å². The van der Waals surface area contributed by atoms with Crippen LogP contribution in [0.1, 0.15) is 376 Å². The van der Waals surface area contributed by atoms with E-state index in [-0.39, 0.29) is 25.7 Å². The first-order valence-corrected chi connectivity index (χ1v) is 41.7. The molecule has 0 heterocycles. The van der Waals surface area contributed by atoms with E-state index in [4.69, 9.17) is 37.0 Å². The molecule has 19 heteroatoms. The molecule has 0 bridgehead atoms. The van der Waals surface area contributed by atoms with Gasteiger partial charge in [0.15, 0.2) is 12.2 Å². The SMILES string of the molecule is CC(C)CCCCCCCCCCCCCCCCCCC(=O)OC[C@H](COP(=O)(O)OCC(O)COP(=O)(O)OC[C@@H](COC(=O)CCCCCCCCCC(C)C)OC(=O)CCCCCCCCCCCCCCCC(C)C)OC(=O)CCCCCCCCC(C)C. The summed E-state index contributed by atoms with van der Waals surface area (Å²) in [4.78, 5) is 72.7. The maximum atomic E-state index is 13.0. The average molecular weight is 1380 g/mol. The molecule has 0 radical (unpaired) electrons. The first-order valence-electron chi connectivity index (χ1n) is 38.7. The van der Waals surface area contributed by atoms with Crippen molar-refractivity contribution in [1.29, 1.82) is 0 Å². The van der Waals surface area contributed by atoms with Crippen LogP contribution in [-0.4, -0.2) is 96.7 Å². The molecule has 558 valence electrons. The quantitative estimate of drug-likeness (QED) is 0.0222. The summed E-state index contributed by atoms with van der Waals surface area (Å²) in [5.41, 5.74) is 0. The number of phosphoric acid groups is 2. The van der Waals surface area contributed by atoms with Crippen LogP contribution in [0, 0.1) is 23.7 Å². The van der Waals surface area contributed by atoms with E-state index in [1.807, 2.05) is 0 Å². The number of unbranched alkanes of at least 4 members (excludes halogenated alkanes) is 38. The van der Waals surface area contributed by atoms with Gasteiger partial charge in [0.25, 0.3) is 0 Å². The summed E-state index contributed by atoms with van der Waals surface area (Å²) in [6.45, 7) is 14.1. The van der Waals surface area contributed by atoms with Crippen molar-refractivity contribution in [3.63, 3.8) is 0 Å². The predicted octanol–water partition coefficient (Wildman–Crippen LogP) is 21.7. The third-order valence-electron chi connectivity index (χ3n) is 17.3. The number of carbonyl (C=O) groups excluding carboxylic acids is 4. The van der Waals surface area contributed by atoms with Crippen molar-refractivity contribution in [2.24, 2.45) is 23.7 Å². The van der Waals surface area contributed by atoms with Gasteiger partial charge in [-0.1, -0.05) is 325 Å². The first kappa shape index (κ1) is 92.1. The molecule has 0 saturated carbocycles. The molecule has 0 aliphatic carbocycles. The second kappa shape index (κ2) is 64.4. The van der Waals surface area contributed by atoms with E-state index in [1.165, 1.54) is 173 Å². The monoisotopic (exact) mass is 1380 g/mol. The van der Waals surface area contributed by atoms with E-state index in [0.717, 1.165) is 108 Å². The van der Waals surface area contributed by atoms with E-state index < -0.39 is 97.5 Å². The standard InChI is InChI=1S/C75H146O17P2/c1-65(2)51-43-35-27-22-18-14-11-9-10-12-16-20-24-30-39-47-55-72(77)85-62-71(92-75(80)58-50-42-34-33-38-46-54-68(7)8)64-90-94(83,84)88-60-69(76)59-87-93(81,82)89-63-70(61-86-73(78)56-48-40-32-26-29-37-45-53-67(5)6)91-74(79)57-49-41-31-25-21-17-13-15-19-23-28-36-44-52-66(3)4/h65-71,76H,9-64H2,1-8H3,(H,81,82)(H,83,84)/t69?,70-,71-/m1/s1. The Morgan fingerprint density at radius 3 is 0.660 bits per heavy atom. The van der Waals surface area contributed by atoms with Gasteiger partial charge in [0, 0.05) is 25.7 Å². The number of aliphatic hydroxyl groups is 1. The number of hydrogen-bond donors (Lipinski definition) is 3. The van der Waals surface area contributed by atoms with Crippen LogP contribution in [0.2, 0.25) is 0 Å². The summed E-state index contributed by atoms with van der Waals surface area (Å²) in [7, 11) is -9.91. The molecule has 0 aliphatic heterocycles. The zero-order chi connectivity index (χ0) is 69.6. The average Bonchev–Trinajstić information content (AvgIpc) is 1.18. The lowest BCUT2D eigenvalue weighted by molar-refractivity contribution is -0.161. The fourth-order valence-electron chi connectivity index (χ4n) is 11.4. The van der Waals surface area contributed by atoms with E-state index >= 15 is 0 Å². The summed E-state index contributed by atoms with van der Waals surface area (Å²) in [6, 6.07) is 0. The van der Waals surface area contributed by atoms with Crippen LogP contribution in [0.3, 0.4) is 0 Å². The van der Waals surface area contributed by atoms with Gasteiger partial charge in [0.05, 0.1) is 26.4 Å². The highest BCUT2D eigenvalue weighted by atomic mass is 31.2. The van der Waals surface area contributed by atoms with Crippen molar-refractivity contribution >= 4 is 39.5 Å². The molecule has 0 spiro atoms. The molecule has 0 saturated heterocycles. The zero-order valence-electron chi connectivity index (χ0n) is 61.6. The number of ether oxygens (including phenoxy) is 4. The number of hydrogen-bond acceptors (Lipinski definition) is 15.